The number of aromatic nitrogens is 6. The van der Waals surface area contributed by atoms with Gasteiger partial charge in [-0.2, -0.15) is 14.9 Å². The molecule has 0 aliphatic heterocycles. The monoisotopic (exact) mass is 502 g/mol. The number of nitro groups is 1. The minimum atomic E-state index is -0.640. The van der Waals surface area contributed by atoms with Crippen LogP contribution in [0.2, 0.25) is 5.02 Å². The van der Waals surface area contributed by atoms with E-state index in [1.54, 1.807) is 23.9 Å². The van der Waals surface area contributed by atoms with Gasteiger partial charge in [0.05, 0.1) is 27.9 Å². The van der Waals surface area contributed by atoms with E-state index in [1.807, 2.05) is 32.0 Å². The molecule has 2 aromatic carbocycles. The number of benzene rings is 2. The van der Waals surface area contributed by atoms with Gasteiger partial charge in [-0.15, -0.1) is 0 Å². The van der Waals surface area contributed by atoms with Crippen LogP contribution in [0.5, 0.6) is 0 Å². The van der Waals surface area contributed by atoms with Gasteiger partial charge in [0.15, 0.2) is 11.5 Å². The number of carbonyl (C=O) groups excluding carboxylic acids is 1. The number of carbonyl (C=O) groups is 1. The first-order valence-electron chi connectivity index (χ1n) is 10.8. The second-order valence-electron chi connectivity index (χ2n) is 8.17. The van der Waals surface area contributed by atoms with E-state index >= 15 is 0 Å². The number of anilines is 1. The van der Waals surface area contributed by atoms with Crippen molar-refractivity contribution in [3.8, 4) is 11.5 Å². The molecule has 5 aromatic rings. The van der Waals surface area contributed by atoms with Crippen LogP contribution in [0.25, 0.3) is 22.5 Å². The first-order valence-corrected chi connectivity index (χ1v) is 11.2. The molecule has 0 atom stereocenters. The lowest BCUT2D eigenvalue weighted by molar-refractivity contribution is -0.384. The van der Waals surface area contributed by atoms with E-state index in [9.17, 15) is 14.9 Å². The van der Waals surface area contributed by atoms with Gasteiger partial charge in [-0.1, -0.05) is 23.7 Å². The van der Waals surface area contributed by atoms with E-state index < -0.39 is 10.8 Å². The van der Waals surface area contributed by atoms with Gasteiger partial charge in [-0.05, 0) is 50.1 Å². The summed E-state index contributed by atoms with van der Waals surface area (Å²) in [7, 11) is 0. The van der Waals surface area contributed by atoms with Crippen molar-refractivity contribution in [3.63, 3.8) is 0 Å². The molecule has 3 heterocycles. The molecule has 0 fully saturated rings. The molecule has 0 bridgehead atoms. The van der Waals surface area contributed by atoms with Crippen LogP contribution < -0.4 is 5.32 Å². The number of hydrogen-bond donors (Lipinski definition) is 1. The SMILES string of the molecule is Cc1cc(NC(=O)c2ccc(Cl)c([N+](=O)[O-])c2)n(-c2ncnc3c2cnn3-c2cccc(C)c2C)n1. The van der Waals surface area contributed by atoms with Crippen LogP contribution in [0.15, 0.2) is 55.0 Å². The average Bonchev–Trinajstić information content (AvgIpc) is 3.44. The number of nitro benzene ring substituents is 1. The molecule has 0 saturated carbocycles. The molecular formula is C24H19ClN8O3. The van der Waals surface area contributed by atoms with Crippen molar-refractivity contribution in [2.45, 2.75) is 20.8 Å². The van der Waals surface area contributed by atoms with E-state index in [4.69, 9.17) is 11.6 Å². The molecule has 11 nitrogen and oxygen atoms in total. The minimum absolute atomic E-state index is 0.0540. The van der Waals surface area contributed by atoms with Crippen LogP contribution in [0, 0.1) is 30.9 Å². The standard InChI is InChI=1S/C24H19ClN8O3/c1-13-5-4-6-19(15(13)3)31-22-17(11-28-31)23(27-12-26-22)32-21(9-14(2)30-32)29-24(34)16-7-8-18(25)20(10-16)33(35)36/h4-12H,1-3H3,(H,29,34). The third kappa shape index (κ3) is 3.95. The normalized spacial score (nSPS) is 11.1. The van der Waals surface area contributed by atoms with E-state index in [1.165, 1.54) is 23.1 Å². The lowest BCUT2D eigenvalue weighted by atomic mass is 10.1. The zero-order chi connectivity index (χ0) is 25.6. The van der Waals surface area contributed by atoms with Crippen molar-refractivity contribution in [2.24, 2.45) is 0 Å². The fraction of sp³-hybridized carbons (Fsp3) is 0.125. The van der Waals surface area contributed by atoms with Gasteiger partial charge in [-0.3, -0.25) is 14.9 Å². The second kappa shape index (κ2) is 8.86. The largest absolute Gasteiger partial charge is 0.306 e. The Morgan fingerprint density at radius 2 is 1.89 bits per heavy atom. The summed E-state index contributed by atoms with van der Waals surface area (Å²) in [6.45, 7) is 5.82. The fourth-order valence-corrected chi connectivity index (χ4v) is 4.06. The van der Waals surface area contributed by atoms with Gasteiger partial charge in [-0.25, -0.2) is 14.6 Å². The number of fused-ring (bicyclic) bond motifs is 1. The second-order valence-corrected chi connectivity index (χ2v) is 8.58. The molecule has 1 N–H and O–H groups in total. The molecule has 1 amide bonds. The van der Waals surface area contributed by atoms with Crippen LogP contribution >= 0.6 is 11.6 Å². The van der Waals surface area contributed by atoms with Gasteiger partial charge < -0.3 is 5.32 Å². The maximum absolute atomic E-state index is 12.9. The van der Waals surface area contributed by atoms with Gasteiger partial charge in [0.1, 0.15) is 17.2 Å². The Morgan fingerprint density at radius 3 is 2.67 bits per heavy atom. The van der Waals surface area contributed by atoms with Crippen molar-refractivity contribution in [1.82, 2.24) is 29.5 Å². The van der Waals surface area contributed by atoms with E-state index in [2.05, 4.69) is 25.5 Å². The molecule has 0 unspecified atom stereocenters. The zero-order valence-electron chi connectivity index (χ0n) is 19.4. The molecule has 0 radical (unpaired) electrons. The molecule has 0 aliphatic carbocycles. The van der Waals surface area contributed by atoms with E-state index in [-0.39, 0.29) is 16.3 Å². The summed E-state index contributed by atoms with van der Waals surface area (Å²) >= 11 is 5.88. The lowest BCUT2D eigenvalue weighted by Crippen LogP contribution is -2.16. The molecule has 36 heavy (non-hydrogen) atoms. The molecule has 3 aromatic heterocycles. The quantitative estimate of drug-likeness (QED) is 0.271. The Bertz CT molecular complexity index is 1670. The van der Waals surface area contributed by atoms with Crippen molar-refractivity contribution >= 4 is 40.0 Å². The third-order valence-corrected chi connectivity index (χ3v) is 6.15. The first kappa shape index (κ1) is 23.1. The van der Waals surface area contributed by atoms with E-state index in [0.29, 0.717) is 28.4 Å². The summed E-state index contributed by atoms with van der Waals surface area (Å²) in [5, 5.41) is 23.6. The highest BCUT2D eigenvalue weighted by molar-refractivity contribution is 6.32. The minimum Gasteiger partial charge on any atom is -0.306 e. The van der Waals surface area contributed by atoms with Crippen molar-refractivity contribution in [3.05, 3.63) is 92.5 Å². The lowest BCUT2D eigenvalue weighted by Gasteiger charge is -2.11. The Hall–Kier alpha value is -4.64. The fourth-order valence-electron chi connectivity index (χ4n) is 3.87. The number of halogens is 1. The Labute approximate surface area is 209 Å². The summed E-state index contributed by atoms with van der Waals surface area (Å²) in [5.74, 6) is 0.184. The van der Waals surface area contributed by atoms with Gasteiger partial charge >= 0.3 is 0 Å². The smallest absolute Gasteiger partial charge is 0.288 e. The summed E-state index contributed by atoms with van der Waals surface area (Å²) < 4.78 is 3.22. The third-order valence-electron chi connectivity index (χ3n) is 5.83. The van der Waals surface area contributed by atoms with Crippen LogP contribution in [0.3, 0.4) is 0 Å². The number of rotatable bonds is 5. The highest BCUT2D eigenvalue weighted by Gasteiger charge is 2.21. The summed E-state index contributed by atoms with van der Waals surface area (Å²) in [5.41, 5.74) is 4.01. The van der Waals surface area contributed by atoms with Gasteiger partial charge in [0.25, 0.3) is 11.6 Å². The van der Waals surface area contributed by atoms with Crippen molar-refractivity contribution in [1.29, 1.82) is 0 Å². The molecular weight excluding hydrogens is 484 g/mol. The summed E-state index contributed by atoms with van der Waals surface area (Å²) in [6.07, 6.45) is 3.06. The molecule has 0 spiro atoms. The number of nitrogens with one attached hydrogen (secondary N) is 1. The average molecular weight is 503 g/mol. The predicted molar refractivity (Wildman–Crippen MR) is 134 cm³/mol. The van der Waals surface area contributed by atoms with Crippen LogP contribution in [-0.2, 0) is 0 Å². The Kier molecular flexibility index (Phi) is 5.69. The topological polar surface area (TPSA) is 134 Å². The highest BCUT2D eigenvalue weighted by Crippen LogP contribution is 2.28. The van der Waals surface area contributed by atoms with Crippen LogP contribution in [0.1, 0.15) is 27.2 Å². The maximum atomic E-state index is 12.9. The van der Waals surface area contributed by atoms with Crippen molar-refractivity contribution in [2.75, 3.05) is 5.32 Å². The Balaban J connectivity index is 1.56. The maximum Gasteiger partial charge on any atom is 0.288 e. The van der Waals surface area contributed by atoms with Gasteiger partial charge in [0, 0.05) is 17.7 Å². The van der Waals surface area contributed by atoms with Crippen LogP contribution in [-0.4, -0.2) is 40.4 Å². The molecule has 12 heteroatoms. The van der Waals surface area contributed by atoms with Crippen LogP contribution in [0.4, 0.5) is 11.5 Å². The first-order chi connectivity index (χ1) is 17.2. The van der Waals surface area contributed by atoms with Gasteiger partial charge in [0.2, 0.25) is 0 Å². The predicted octanol–water partition coefficient (Wildman–Crippen LogP) is 4.74. The number of amides is 1. The number of aryl methyl sites for hydroxylation is 2. The molecule has 5 rings (SSSR count). The molecule has 0 saturated heterocycles. The summed E-state index contributed by atoms with van der Waals surface area (Å²) in [4.78, 5) is 32.4. The molecule has 180 valence electrons. The van der Waals surface area contributed by atoms with Crippen molar-refractivity contribution < 1.29 is 9.72 Å². The zero-order valence-corrected chi connectivity index (χ0v) is 20.2. The number of nitrogens with zero attached hydrogens (tertiary/aromatic N) is 7. The van der Waals surface area contributed by atoms with E-state index in [0.717, 1.165) is 22.9 Å². The number of hydrogen-bond acceptors (Lipinski definition) is 7. The molecule has 0 aliphatic rings. The summed E-state index contributed by atoms with van der Waals surface area (Å²) in [6, 6.07) is 11.5. The Morgan fingerprint density at radius 1 is 1.08 bits per heavy atom. The highest BCUT2D eigenvalue weighted by atomic mass is 35.5.